The standard InChI is InChI=1S/C20H26N6O.HI/c1-3-19-25-24-15-26(19)13-11-22-20(21-2)23-12-14-27-18-10-6-8-16-7-4-5-9-17(16)18;/h4-10,15H,3,11-14H2,1-2H3,(H2,21,22,23);1H. The van der Waals surface area contributed by atoms with Gasteiger partial charge in [-0.15, -0.1) is 34.2 Å². The van der Waals surface area contributed by atoms with E-state index in [0.717, 1.165) is 42.4 Å². The van der Waals surface area contributed by atoms with Crippen molar-refractivity contribution in [1.29, 1.82) is 0 Å². The molecule has 0 fully saturated rings. The summed E-state index contributed by atoms with van der Waals surface area (Å²) >= 11 is 0. The number of aryl methyl sites for hydroxylation is 1. The maximum atomic E-state index is 5.94. The van der Waals surface area contributed by atoms with Crippen LogP contribution in [0.2, 0.25) is 0 Å². The topological polar surface area (TPSA) is 76.4 Å². The number of aromatic nitrogens is 3. The molecule has 0 radical (unpaired) electrons. The first-order valence-corrected chi connectivity index (χ1v) is 9.23. The summed E-state index contributed by atoms with van der Waals surface area (Å²) in [4.78, 5) is 4.24. The molecule has 0 unspecified atom stereocenters. The van der Waals surface area contributed by atoms with Crippen LogP contribution in [0.15, 0.2) is 53.8 Å². The Labute approximate surface area is 182 Å². The lowest BCUT2D eigenvalue weighted by Gasteiger charge is -2.14. The lowest BCUT2D eigenvalue weighted by molar-refractivity contribution is 0.325. The number of hydrogen-bond acceptors (Lipinski definition) is 4. The van der Waals surface area contributed by atoms with Gasteiger partial charge in [0, 0.05) is 31.9 Å². The number of aliphatic imine (C=N–C) groups is 1. The highest BCUT2D eigenvalue weighted by Gasteiger charge is 2.03. The quantitative estimate of drug-likeness (QED) is 0.218. The van der Waals surface area contributed by atoms with Gasteiger partial charge in [0.2, 0.25) is 0 Å². The average molecular weight is 494 g/mol. The largest absolute Gasteiger partial charge is 0.491 e. The molecule has 0 saturated heterocycles. The van der Waals surface area contributed by atoms with Crippen molar-refractivity contribution in [2.45, 2.75) is 19.9 Å². The van der Waals surface area contributed by atoms with Gasteiger partial charge in [0.25, 0.3) is 0 Å². The summed E-state index contributed by atoms with van der Waals surface area (Å²) in [5.41, 5.74) is 0. The first kappa shape index (κ1) is 21.9. The van der Waals surface area contributed by atoms with E-state index < -0.39 is 0 Å². The van der Waals surface area contributed by atoms with Crippen molar-refractivity contribution in [1.82, 2.24) is 25.4 Å². The van der Waals surface area contributed by atoms with Gasteiger partial charge in [-0.05, 0) is 11.5 Å². The minimum Gasteiger partial charge on any atom is -0.491 e. The van der Waals surface area contributed by atoms with Gasteiger partial charge in [0.05, 0.1) is 6.54 Å². The number of halogens is 1. The van der Waals surface area contributed by atoms with Gasteiger partial charge < -0.3 is 19.9 Å². The van der Waals surface area contributed by atoms with Gasteiger partial charge in [0.15, 0.2) is 5.96 Å². The highest BCUT2D eigenvalue weighted by molar-refractivity contribution is 14.0. The van der Waals surface area contributed by atoms with Crippen LogP contribution in [0.1, 0.15) is 12.7 Å². The molecule has 1 heterocycles. The van der Waals surface area contributed by atoms with Gasteiger partial charge >= 0.3 is 0 Å². The summed E-state index contributed by atoms with van der Waals surface area (Å²) in [5, 5.41) is 16.9. The fourth-order valence-electron chi connectivity index (χ4n) is 2.91. The molecule has 0 spiro atoms. The predicted molar refractivity (Wildman–Crippen MR) is 124 cm³/mol. The van der Waals surface area contributed by atoms with Crippen LogP contribution >= 0.6 is 24.0 Å². The number of hydrogen-bond donors (Lipinski definition) is 2. The van der Waals surface area contributed by atoms with Crippen LogP contribution in [0, 0.1) is 0 Å². The Morgan fingerprint density at radius 3 is 2.71 bits per heavy atom. The van der Waals surface area contributed by atoms with Crippen LogP contribution in [-0.2, 0) is 13.0 Å². The molecular weight excluding hydrogens is 467 g/mol. The zero-order valence-electron chi connectivity index (χ0n) is 16.3. The summed E-state index contributed by atoms with van der Waals surface area (Å²) in [5.74, 6) is 2.64. The molecule has 0 aliphatic heterocycles. The fourth-order valence-corrected chi connectivity index (χ4v) is 2.91. The van der Waals surface area contributed by atoms with Gasteiger partial charge in [-0.2, -0.15) is 0 Å². The first-order valence-electron chi connectivity index (χ1n) is 9.23. The molecule has 7 nitrogen and oxygen atoms in total. The van der Waals surface area contributed by atoms with E-state index in [-0.39, 0.29) is 24.0 Å². The molecular formula is C20H27IN6O. The van der Waals surface area contributed by atoms with Gasteiger partial charge in [-0.25, -0.2) is 0 Å². The molecule has 0 saturated carbocycles. The van der Waals surface area contributed by atoms with Crippen molar-refractivity contribution in [3.8, 4) is 5.75 Å². The zero-order valence-corrected chi connectivity index (χ0v) is 18.6. The lowest BCUT2D eigenvalue weighted by atomic mass is 10.1. The number of benzene rings is 2. The zero-order chi connectivity index (χ0) is 18.9. The highest BCUT2D eigenvalue weighted by atomic mass is 127. The Morgan fingerprint density at radius 2 is 1.89 bits per heavy atom. The molecule has 2 aromatic carbocycles. The van der Waals surface area contributed by atoms with Crippen LogP contribution in [0.25, 0.3) is 10.8 Å². The maximum Gasteiger partial charge on any atom is 0.191 e. The van der Waals surface area contributed by atoms with Crippen molar-refractivity contribution in [3.05, 3.63) is 54.6 Å². The molecule has 2 N–H and O–H groups in total. The van der Waals surface area contributed by atoms with Crippen molar-refractivity contribution in [2.75, 3.05) is 26.7 Å². The Morgan fingerprint density at radius 1 is 1.11 bits per heavy atom. The molecule has 3 rings (SSSR count). The van der Waals surface area contributed by atoms with Crippen LogP contribution in [0.3, 0.4) is 0 Å². The van der Waals surface area contributed by atoms with E-state index in [0.29, 0.717) is 13.2 Å². The first-order chi connectivity index (χ1) is 13.3. The van der Waals surface area contributed by atoms with Gasteiger partial charge in [0.1, 0.15) is 24.5 Å². The van der Waals surface area contributed by atoms with Crippen LogP contribution < -0.4 is 15.4 Å². The summed E-state index contributed by atoms with van der Waals surface area (Å²) in [6.45, 7) is 4.83. The van der Waals surface area contributed by atoms with Crippen molar-refractivity contribution in [3.63, 3.8) is 0 Å². The molecule has 8 heteroatoms. The third kappa shape index (κ3) is 5.82. The third-order valence-corrected chi connectivity index (χ3v) is 4.28. The Hall–Kier alpha value is -2.36. The van der Waals surface area contributed by atoms with Gasteiger partial charge in [-0.1, -0.05) is 43.3 Å². The van der Waals surface area contributed by atoms with E-state index in [1.807, 2.05) is 28.8 Å². The number of guanidine groups is 1. The summed E-state index contributed by atoms with van der Waals surface area (Å²) in [6.07, 6.45) is 2.63. The van der Waals surface area contributed by atoms with E-state index in [1.54, 1.807) is 13.4 Å². The normalized spacial score (nSPS) is 11.1. The monoisotopic (exact) mass is 494 g/mol. The Kier molecular flexibility index (Phi) is 8.99. The second kappa shape index (κ2) is 11.5. The number of nitrogens with one attached hydrogen (secondary N) is 2. The lowest BCUT2D eigenvalue weighted by Crippen LogP contribution is -2.40. The van der Waals surface area contributed by atoms with Crippen LogP contribution in [0.4, 0.5) is 0 Å². The second-order valence-electron chi connectivity index (χ2n) is 6.05. The molecule has 3 aromatic rings. The molecule has 150 valence electrons. The molecule has 1 aromatic heterocycles. The van der Waals surface area contributed by atoms with E-state index in [9.17, 15) is 0 Å². The molecule has 0 aliphatic rings. The van der Waals surface area contributed by atoms with Crippen LogP contribution in [0.5, 0.6) is 5.75 Å². The van der Waals surface area contributed by atoms with Crippen molar-refractivity contribution >= 4 is 40.7 Å². The molecule has 0 atom stereocenters. The predicted octanol–water partition coefficient (Wildman–Crippen LogP) is 2.86. The minimum atomic E-state index is 0. The molecule has 28 heavy (non-hydrogen) atoms. The number of fused-ring (bicyclic) bond motifs is 1. The highest BCUT2D eigenvalue weighted by Crippen LogP contribution is 2.24. The average Bonchev–Trinajstić information content (AvgIpc) is 3.17. The molecule has 0 aliphatic carbocycles. The van der Waals surface area contributed by atoms with E-state index in [1.165, 1.54) is 5.39 Å². The summed E-state index contributed by atoms with van der Waals surface area (Å²) < 4.78 is 7.99. The Bertz CT molecular complexity index is 890. The van der Waals surface area contributed by atoms with Gasteiger partial charge in [-0.3, -0.25) is 4.99 Å². The Balaban J connectivity index is 0.00000280. The number of rotatable bonds is 8. The third-order valence-electron chi connectivity index (χ3n) is 4.28. The second-order valence-corrected chi connectivity index (χ2v) is 6.05. The fraction of sp³-hybridized carbons (Fsp3) is 0.350. The molecule has 0 bridgehead atoms. The van der Waals surface area contributed by atoms with Crippen molar-refractivity contribution in [2.24, 2.45) is 4.99 Å². The maximum absolute atomic E-state index is 5.94. The molecule has 0 amide bonds. The van der Waals surface area contributed by atoms with E-state index in [2.05, 4.69) is 50.9 Å². The summed E-state index contributed by atoms with van der Waals surface area (Å²) in [6, 6.07) is 14.3. The van der Waals surface area contributed by atoms with E-state index >= 15 is 0 Å². The van der Waals surface area contributed by atoms with Crippen LogP contribution in [-0.4, -0.2) is 47.5 Å². The van der Waals surface area contributed by atoms with Crippen molar-refractivity contribution < 1.29 is 4.74 Å². The summed E-state index contributed by atoms with van der Waals surface area (Å²) in [7, 11) is 1.76. The number of ether oxygens (including phenoxy) is 1. The smallest absolute Gasteiger partial charge is 0.191 e. The SMILES string of the molecule is CCc1nncn1CCNC(=NC)NCCOc1cccc2ccccc12.I. The minimum absolute atomic E-state index is 0. The number of nitrogens with zero attached hydrogens (tertiary/aromatic N) is 4. The van der Waals surface area contributed by atoms with E-state index in [4.69, 9.17) is 4.74 Å².